The van der Waals surface area contributed by atoms with Gasteiger partial charge in [-0.2, -0.15) is 0 Å². The number of rotatable bonds is 7. The number of thioether (sulfide) groups is 1. The molecular formula is C21H22N4O4S2. The summed E-state index contributed by atoms with van der Waals surface area (Å²) in [5, 5.41) is 14.1. The first-order valence-corrected chi connectivity index (χ1v) is 11.9. The Morgan fingerprint density at radius 3 is 3.03 bits per heavy atom. The lowest BCUT2D eigenvalue weighted by Gasteiger charge is -2.16. The third-order valence-electron chi connectivity index (χ3n) is 5.16. The molecule has 5 rings (SSSR count). The molecule has 2 aliphatic heterocycles. The van der Waals surface area contributed by atoms with Crippen LogP contribution in [0.4, 0.5) is 5.69 Å². The molecule has 31 heavy (non-hydrogen) atoms. The van der Waals surface area contributed by atoms with Crippen LogP contribution in [-0.4, -0.2) is 45.4 Å². The number of aromatic nitrogens is 3. The lowest BCUT2D eigenvalue weighted by atomic mass is 10.2. The first-order chi connectivity index (χ1) is 15.2. The van der Waals surface area contributed by atoms with E-state index >= 15 is 0 Å². The minimum Gasteiger partial charge on any atom is -0.454 e. The van der Waals surface area contributed by atoms with E-state index in [2.05, 4.69) is 20.1 Å². The van der Waals surface area contributed by atoms with Gasteiger partial charge in [0.15, 0.2) is 22.5 Å². The molecule has 1 saturated heterocycles. The molecule has 0 bridgehead atoms. The Labute approximate surface area is 187 Å². The summed E-state index contributed by atoms with van der Waals surface area (Å²) in [6.07, 6.45) is 2.23. The fourth-order valence-corrected chi connectivity index (χ4v) is 5.13. The summed E-state index contributed by atoms with van der Waals surface area (Å²) < 4.78 is 18.6. The fraction of sp³-hybridized carbons (Fsp3) is 0.381. The first kappa shape index (κ1) is 20.3. The van der Waals surface area contributed by atoms with Crippen LogP contribution in [-0.2, 0) is 16.1 Å². The van der Waals surface area contributed by atoms with Crippen LogP contribution in [0.1, 0.15) is 19.8 Å². The van der Waals surface area contributed by atoms with Crippen LogP contribution in [0.15, 0.2) is 40.9 Å². The van der Waals surface area contributed by atoms with Gasteiger partial charge in [-0.05, 0) is 43.3 Å². The Kier molecular flexibility index (Phi) is 5.84. The molecule has 2 atom stereocenters. The molecule has 10 heteroatoms. The van der Waals surface area contributed by atoms with E-state index < -0.39 is 0 Å². The Hall–Kier alpha value is -2.56. The topological polar surface area (TPSA) is 87.5 Å². The summed E-state index contributed by atoms with van der Waals surface area (Å²) in [6.45, 7) is 3.53. The van der Waals surface area contributed by atoms with Gasteiger partial charge >= 0.3 is 0 Å². The van der Waals surface area contributed by atoms with Crippen molar-refractivity contribution in [2.75, 3.05) is 18.7 Å². The predicted octanol–water partition coefficient (Wildman–Crippen LogP) is 4.03. The number of thiophene rings is 1. The lowest BCUT2D eigenvalue weighted by molar-refractivity contribution is -0.115. The van der Waals surface area contributed by atoms with Crippen LogP contribution < -0.4 is 14.8 Å². The van der Waals surface area contributed by atoms with Gasteiger partial charge in [0.2, 0.25) is 12.7 Å². The van der Waals surface area contributed by atoms with Gasteiger partial charge in [0.05, 0.1) is 22.8 Å². The predicted molar refractivity (Wildman–Crippen MR) is 119 cm³/mol. The normalized spacial score (nSPS) is 18.3. The molecule has 0 radical (unpaired) electrons. The highest BCUT2D eigenvalue weighted by molar-refractivity contribution is 8.00. The third kappa shape index (κ3) is 4.41. The van der Waals surface area contributed by atoms with Gasteiger partial charge < -0.3 is 19.5 Å². The summed E-state index contributed by atoms with van der Waals surface area (Å²) in [7, 11) is 0. The van der Waals surface area contributed by atoms with E-state index in [1.165, 1.54) is 11.8 Å². The van der Waals surface area contributed by atoms with Crippen LogP contribution in [0.2, 0.25) is 0 Å². The first-order valence-electron chi connectivity index (χ1n) is 10.1. The highest BCUT2D eigenvalue weighted by Gasteiger charge is 2.25. The zero-order valence-corrected chi connectivity index (χ0v) is 18.6. The molecule has 1 fully saturated rings. The third-order valence-corrected chi connectivity index (χ3v) is 7.11. The van der Waals surface area contributed by atoms with Crippen LogP contribution >= 0.6 is 23.1 Å². The van der Waals surface area contributed by atoms with E-state index in [-0.39, 0.29) is 24.1 Å². The number of anilines is 1. The van der Waals surface area contributed by atoms with Crippen molar-refractivity contribution in [2.45, 2.75) is 42.8 Å². The Morgan fingerprint density at radius 1 is 1.32 bits per heavy atom. The zero-order chi connectivity index (χ0) is 21.2. The maximum absolute atomic E-state index is 12.8. The molecule has 8 nitrogen and oxygen atoms in total. The van der Waals surface area contributed by atoms with Crippen molar-refractivity contribution in [2.24, 2.45) is 0 Å². The zero-order valence-electron chi connectivity index (χ0n) is 16.9. The van der Waals surface area contributed by atoms with Crippen LogP contribution in [0.3, 0.4) is 0 Å². The molecule has 0 spiro atoms. The number of amides is 1. The van der Waals surface area contributed by atoms with Crippen molar-refractivity contribution < 1.29 is 19.0 Å². The summed E-state index contributed by atoms with van der Waals surface area (Å²) >= 11 is 3.02. The molecule has 4 heterocycles. The van der Waals surface area contributed by atoms with Crippen molar-refractivity contribution in [1.29, 1.82) is 0 Å². The van der Waals surface area contributed by atoms with Crippen molar-refractivity contribution in [3.63, 3.8) is 0 Å². The number of fused-ring (bicyclic) bond motifs is 1. The van der Waals surface area contributed by atoms with Crippen molar-refractivity contribution in [3.05, 3.63) is 35.7 Å². The second kappa shape index (κ2) is 8.89. The number of nitrogens with zero attached hydrogens (tertiary/aromatic N) is 3. The number of hydrogen-bond donors (Lipinski definition) is 1. The number of carbonyl (C=O) groups excluding carboxylic acids is 1. The van der Waals surface area contributed by atoms with Gasteiger partial charge in [0.1, 0.15) is 0 Å². The summed E-state index contributed by atoms with van der Waals surface area (Å²) in [5.41, 5.74) is 0.668. The van der Waals surface area contributed by atoms with Gasteiger partial charge in [0.25, 0.3) is 0 Å². The molecule has 1 N–H and O–H groups in total. The average molecular weight is 459 g/mol. The largest absolute Gasteiger partial charge is 0.454 e. The van der Waals surface area contributed by atoms with Gasteiger partial charge in [-0.1, -0.05) is 17.8 Å². The van der Waals surface area contributed by atoms with Crippen molar-refractivity contribution in [1.82, 2.24) is 14.8 Å². The van der Waals surface area contributed by atoms with Gasteiger partial charge in [-0.25, -0.2) is 0 Å². The summed E-state index contributed by atoms with van der Waals surface area (Å²) in [6, 6.07) is 9.40. The number of carbonyl (C=O) groups is 1. The molecular weight excluding hydrogens is 436 g/mol. The molecule has 162 valence electrons. The number of benzene rings is 1. The van der Waals surface area contributed by atoms with E-state index in [9.17, 15) is 4.79 Å². The maximum Gasteiger partial charge on any atom is 0.237 e. The van der Waals surface area contributed by atoms with Crippen LogP contribution in [0.25, 0.3) is 10.7 Å². The minimum atomic E-state index is -0.367. The highest BCUT2D eigenvalue weighted by Crippen LogP contribution is 2.35. The number of hydrogen-bond acceptors (Lipinski definition) is 8. The van der Waals surface area contributed by atoms with E-state index in [0.717, 1.165) is 30.2 Å². The van der Waals surface area contributed by atoms with Gasteiger partial charge in [-0.3, -0.25) is 9.36 Å². The Balaban J connectivity index is 1.31. The Morgan fingerprint density at radius 2 is 2.23 bits per heavy atom. The van der Waals surface area contributed by atoms with Gasteiger partial charge in [0, 0.05) is 18.4 Å². The molecule has 2 aromatic heterocycles. The van der Waals surface area contributed by atoms with Crippen LogP contribution in [0, 0.1) is 0 Å². The Bertz CT molecular complexity index is 1060. The molecule has 0 unspecified atom stereocenters. The highest BCUT2D eigenvalue weighted by atomic mass is 32.2. The van der Waals surface area contributed by atoms with Crippen molar-refractivity contribution in [3.8, 4) is 22.2 Å². The van der Waals surface area contributed by atoms with E-state index in [4.69, 9.17) is 14.2 Å². The molecule has 1 amide bonds. The summed E-state index contributed by atoms with van der Waals surface area (Å²) in [4.78, 5) is 13.9. The second-order valence-electron chi connectivity index (χ2n) is 7.35. The maximum atomic E-state index is 12.8. The molecule has 0 saturated carbocycles. The standard InChI is InChI=1S/C21H22N4O4S2/c1-13(20(26)22-14-6-7-16-17(10-14)29-12-28-16)31-21-24-23-19(18-5-3-9-30-18)25(21)11-15-4-2-8-27-15/h3,5-7,9-10,13,15H,2,4,8,11-12H2,1H3,(H,22,26)/t13-,15+/m1/s1. The van der Waals surface area contributed by atoms with E-state index in [0.29, 0.717) is 28.9 Å². The molecule has 1 aromatic carbocycles. The van der Waals surface area contributed by atoms with Crippen LogP contribution in [0.5, 0.6) is 11.5 Å². The summed E-state index contributed by atoms with van der Waals surface area (Å²) in [5.74, 6) is 2.02. The molecule has 0 aliphatic carbocycles. The van der Waals surface area contributed by atoms with Crippen molar-refractivity contribution >= 4 is 34.7 Å². The molecule has 2 aliphatic rings. The number of ether oxygens (including phenoxy) is 3. The SMILES string of the molecule is C[C@@H](Sc1nnc(-c2cccs2)n1C[C@@H]1CCCO1)C(=O)Nc1ccc2c(c1)OCO2. The monoisotopic (exact) mass is 458 g/mol. The fourth-order valence-electron chi connectivity index (χ4n) is 3.55. The second-order valence-corrected chi connectivity index (χ2v) is 9.60. The quantitative estimate of drug-likeness (QED) is 0.535. The smallest absolute Gasteiger partial charge is 0.237 e. The van der Waals surface area contributed by atoms with E-state index in [1.807, 2.05) is 24.4 Å². The number of nitrogens with one attached hydrogen (secondary N) is 1. The average Bonchev–Trinajstić information content (AvgIpc) is 3.56. The molecule has 3 aromatic rings. The lowest BCUT2D eigenvalue weighted by Crippen LogP contribution is -2.23. The van der Waals surface area contributed by atoms with E-state index in [1.54, 1.807) is 29.5 Å². The van der Waals surface area contributed by atoms with Gasteiger partial charge in [-0.15, -0.1) is 21.5 Å². The minimum absolute atomic E-state index is 0.117.